The lowest BCUT2D eigenvalue weighted by atomic mass is 9.80. The number of anilines is 2. The van der Waals surface area contributed by atoms with Gasteiger partial charge in [-0.1, -0.05) is 46.4 Å². The molecule has 6 heterocycles. The van der Waals surface area contributed by atoms with E-state index in [1.165, 1.54) is 25.0 Å². The number of methoxy groups -OCH3 is 4. The normalized spacial score (nSPS) is 13.4. The van der Waals surface area contributed by atoms with Crippen LogP contribution in [0.15, 0.2) is 60.9 Å². The van der Waals surface area contributed by atoms with Crippen molar-refractivity contribution in [3.63, 3.8) is 0 Å². The Hall–Kier alpha value is -5.37. The standard InChI is InChI=1S/C23H24Cl2FN5O3.C17H19Cl2IN4O2.C6H7BFNO3/c1-14-22(25)23(16-11-20(34-3)27-12-18(16)26)28-31(14)13-21(32)30-8-6-29(7-9-30)15-4-5-17(24)19(10-15)33-2;1-11-16(19)17(20)21-24(11)10-15(25)23-7-5-22(6-8-23)12-3-4-13(18)14(9-12)26-2;1-12-6-2-4(7(10)11)5(8)3-9-6/h4-5,10-12H,6-9,13H2,1-3H3;3-4,9H,5-8,10H2,1-2H3;2-3,10-11H,1H3. The molecule has 72 heavy (non-hydrogen) atoms. The molecule has 0 radical (unpaired) electrons. The lowest BCUT2D eigenvalue weighted by Crippen LogP contribution is -2.49. The maximum absolute atomic E-state index is 14.4. The van der Waals surface area contributed by atoms with Gasteiger partial charge in [0.2, 0.25) is 23.6 Å². The van der Waals surface area contributed by atoms with Crippen LogP contribution in [0.4, 0.5) is 20.2 Å². The van der Waals surface area contributed by atoms with Gasteiger partial charge in [0.1, 0.15) is 39.8 Å². The predicted molar refractivity (Wildman–Crippen MR) is 281 cm³/mol. The summed E-state index contributed by atoms with van der Waals surface area (Å²) < 4.78 is 51.3. The van der Waals surface area contributed by atoms with Gasteiger partial charge in [-0.3, -0.25) is 19.0 Å². The molecule has 0 atom stereocenters. The summed E-state index contributed by atoms with van der Waals surface area (Å²) in [7, 11) is 4.13. The Kier molecular flexibility index (Phi) is 19.8. The molecule has 384 valence electrons. The van der Waals surface area contributed by atoms with Gasteiger partial charge >= 0.3 is 7.12 Å². The second kappa shape index (κ2) is 25.5. The molecule has 18 nitrogen and oxygen atoms in total. The molecule has 0 spiro atoms. The van der Waals surface area contributed by atoms with E-state index in [9.17, 15) is 18.4 Å². The molecular formula is C46H50BCl4F2IN10O8. The van der Waals surface area contributed by atoms with E-state index in [2.05, 4.69) is 57.3 Å². The van der Waals surface area contributed by atoms with E-state index in [1.54, 1.807) is 36.8 Å². The van der Waals surface area contributed by atoms with E-state index < -0.39 is 18.8 Å². The quantitative estimate of drug-likeness (QED) is 0.101. The number of piperazine rings is 2. The van der Waals surface area contributed by atoms with Gasteiger partial charge in [-0.25, -0.2) is 18.7 Å². The van der Waals surface area contributed by atoms with Crippen LogP contribution in [-0.2, 0) is 22.7 Å². The smallest absolute Gasteiger partial charge is 0.491 e. The predicted octanol–water partition coefficient (Wildman–Crippen LogP) is 6.43. The molecule has 2 saturated heterocycles. The number of halogens is 7. The van der Waals surface area contributed by atoms with Gasteiger partial charge in [0.15, 0.2) is 5.82 Å². The summed E-state index contributed by atoms with van der Waals surface area (Å²) in [6.45, 7) is 9.12. The van der Waals surface area contributed by atoms with Crippen molar-refractivity contribution in [2.45, 2.75) is 26.9 Å². The highest BCUT2D eigenvalue weighted by Gasteiger charge is 2.27. The summed E-state index contributed by atoms with van der Waals surface area (Å²) >= 11 is 26.9. The van der Waals surface area contributed by atoms with Crippen LogP contribution in [0.3, 0.4) is 0 Å². The number of nitrogens with zero attached hydrogens (tertiary/aromatic N) is 10. The first-order chi connectivity index (χ1) is 34.4. The summed E-state index contributed by atoms with van der Waals surface area (Å²) in [5.41, 5.74) is 3.58. The third-order valence-corrected chi connectivity index (χ3v) is 14.3. The monoisotopic (exact) mass is 1190 g/mol. The minimum absolute atomic E-state index is 0.00413. The molecule has 2 aromatic carbocycles. The number of hydrogen-bond acceptors (Lipinski definition) is 14. The van der Waals surface area contributed by atoms with Gasteiger partial charge in [-0.2, -0.15) is 10.2 Å². The molecule has 2 aliphatic heterocycles. The van der Waals surface area contributed by atoms with Crippen LogP contribution in [0.5, 0.6) is 23.3 Å². The number of benzene rings is 2. The fraction of sp³-hybridized carbons (Fsp3) is 0.348. The van der Waals surface area contributed by atoms with Crippen molar-refractivity contribution in [3.8, 4) is 34.5 Å². The Morgan fingerprint density at radius 1 is 0.639 bits per heavy atom. The molecule has 8 rings (SSSR count). The van der Waals surface area contributed by atoms with Crippen molar-refractivity contribution in [2.75, 3.05) is 90.6 Å². The van der Waals surface area contributed by atoms with Gasteiger partial charge in [-0.05, 0) is 60.7 Å². The largest absolute Gasteiger partial charge is 0.495 e. The maximum atomic E-state index is 14.4. The zero-order valence-electron chi connectivity index (χ0n) is 39.9. The molecule has 2 fully saturated rings. The first kappa shape index (κ1) is 55.9. The number of ether oxygens (including phenoxy) is 4. The van der Waals surface area contributed by atoms with Crippen molar-refractivity contribution in [3.05, 3.63) is 108 Å². The summed E-state index contributed by atoms with van der Waals surface area (Å²) in [5.74, 6) is 0.267. The van der Waals surface area contributed by atoms with Crippen molar-refractivity contribution >= 4 is 105 Å². The molecule has 0 aliphatic carbocycles. The van der Waals surface area contributed by atoms with Crippen molar-refractivity contribution in [1.82, 2.24) is 39.3 Å². The van der Waals surface area contributed by atoms with Crippen LogP contribution in [0.2, 0.25) is 20.1 Å². The Morgan fingerprint density at radius 3 is 1.51 bits per heavy atom. The van der Waals surface area contributed by atoms with Gasteiger partial charge < -0.3 is 48.6 Å². The zero-order chi connectivity index (χ0) is 52.4. The van der Waals surface area contributed by atoms with Gasteiger partial charge in [-0.15, -0.1) is 0 Å². The lowest BCUT2D eigenvalue weighted by Gasteiger charge is -2.36. The van der Waals surface area contributed by atoms with E-state index in [0.29, 0.717) is 71.5 Å². The van der Waals surface area contributed by atoms with Crippen molar-refractivity contribution in [1.29, 1.82) is 0 Å². The lowest BCUT2D eigenvalue weighted by molar-refractivity contribution is -0.133. The van der Waals surface area contributed by atoms with E-state index in [4.69, 9.17) is 70.7 Å². The van der Waals surface area contributed by atoms with Gasteiger partial charge in [0, 0.05) is 99.0 Å². The Labute approximate surface area is 448 Å². The third kappa shape index (κ3) is 13.6. The summed E-state index contributed by atoms with van der Waals surface area (Å²) in [6.07, 6.45) is 1.92. The number of carbonyl (C=O) groups excluding carboxylic acids is 2. The molecule has 0 saturated carbocycles. The fourth-order valence-corrected chi connectivity index (χ4v) is 8.94. The Morgan fingerprint density at radius 2 is 1.08 bits per heavy atom. The Balaban J connectivity index is 0.000000196. The molecule has 0 bridgehead atoms. The molecule has 26 heteroatoms. The summed E-state index contributed by atoms with van der Waals surface area (Å²) in [4.78, 5) is 41.0. The first-order valence-corrected chi connectivity index (χ1v) is 24.6. The van der Waals surface area contributed by atoms with Gasteiger partial charge in [0.25, 0.3) is 0 Å². The number of aromatic nitrogens is 6. The third-order valence-electron chi connectivity index (χ3n) is 11.7. The molecule has 0 unspecified atom stereocenters. The van der Waals surface area contributed by atoms with E-state index in [1.807, 2.05) is 42.2 Å². The number of carbonyl (C=O) groups is 2. The van der Waals surface area contributed by atoms with Crippen LogP contribution < -0.4 is 34.2 Å². The highest BCUT2D eigenvalue weighted by Crippen LogP contribution is 2.34. The van der Waals surface area contributed by atoms with Crippen LogP contribution >= 0.6 is 69.0 Å². The fourth-order valence-electron chi connectivity index (χ4n) is 7.52. The average Bonchev–Trinajstić information content (AvgIpc) is 3.80. The van der Waals surface area contributed by atoms with Crippen LogP contribution in [0.25, 0.3) is 11.3 Å². The summed E-state index contributed by atoms with van der Waals surface area (Å²) in [6, 6.07) is 13.9. The van der Waals surface area contributed by atoms with Crippen LogP contribution in [-0.4, -0.2) is 149 Å². The number of hydrogen-bond donors (Lipinski definition) is 2. The second-order valence-corrected chi connectivity index (χ2v) is 18.5. The highest BCUT2D eigenvalue weighted by molar-refractivity contribution is 14.1. The number of amides is 2. The molecular weight excluding hydrogens is 1140 g/mol. The van der Waals surface area contributed by atoms with Crippen molar-refractivity contribution in [2.24, 2.45) is 0 Å². The zero-order valence-corrected chi connectivity index (χ0v) is 45.1. The molecule has 2 aliphatic rings. The minimum atomic E-state index is -1.85. The second-order valence-electron chi connectivity index (χ2n) is 16.0. The molecule has 2 N–H and O–H groups in total. The topological polar surface area (TPSA) is 186 Å². The number of rotatable bonds is 12. The van der Waals surface area contributed by atoms with Gasteiger partial charge in [0.05, 0.1) is 72.3 Å². The van der Waals surface area contributed by atoms with Crippen molar-refractivity contribution < 1.29 is 47.4 Å². The minimum Gasteiger partial charge on any atom is -0.495 e. The SMILES string of the molecule is COc1cc(-c2nn(CC(=O)N3CCN(c4ccc(Cl)c(OC)c4)CC3)c(C)c2Cl)c(F)cn1.COc1cc(B(O)O)c(F)cn1.COc1cc(N2CCN(C(=O)Cn3nc(I)c(Cl)c3C)CC2)ccc1Cl. The molecule has 6 aromatic rings. The average molecular weight is 1190 g/mol. The first-order valence-electron chi connectivity index (χ1n) is 22.0. The Bertz CT molecular complexity index is 2870. The van der Waals surface area contributed by atoms with Crippen LogP contribution in [0.1, 0.15) is 11.4 Å². The van der Waals surface area contributed by atoms with E-state index in [0.717, 1.165) is 52.3 Å². The molecule has 2 amide bonds. The number of pyridine rings is 2. The maximum Gasteiger partial charge on any atom is 0.491 e. The highest BCUT2D eigenvalue weighted by atomic mass is 127. The van der Waals surface area contributed by atoms with Crippen LogP contribution in [0, 0.1) is 29.2 Å². The van der Waals surface area contributed by atoms with E-state index in [-0.39, 0.29) is 58.4 Å². The molecule has 4 aromatic heterocycles. The summed E-state index contributed by atoms with van der Waals surface area (Å²) in [5, 5.41) is 28.1. The van der Waals surface area contributed by atoms with E-state index >= 15 is 0 Å².